The molecule has 0 spiro atoms. The second-order valence-electron chi connectivity index (χ2n) is 17.5. The van der Waals surface area contributed by atoms with Crippen LogP contribution in [0.3, 0.4) is 0 Å². The third-order valence-corrected chi connectivity index (χ3v) is 11.0. The molecule has 4 N–H and O–H groups in total. The maximum absolute atomic E-state index is 14.1. The lowest BCUT2D eigenvalue weighted by molar-refractivity contribution is -0.143. The van der Waals surface area contributed by atoms with E-state index < -0.39 is 35.5 Å². The van der Waals surface area contributed by atoms with Gasteiger partial charge in [-0.05, 0) is 82.6 Å². The van der Waals surface area contributed by atoms with E-state index in [2.05, 4.69) is 36.2 Å². The Morgan fingerprint density at radius 2 is 1.70 bits per heavy atom. The third kappa shape index (κ3) is 10.9. The van der Waals surface area contributed by atoms with Crippen LogP contribution in [0.5, 0.6) is 0 Å². The number of carbonyl (C=O) groups is 6. The van der Waals surface area contributed by atoms with E-state index in [1.54, 1.807) is 70.5 Å². The Bertz CT molecular complexity index is 2140. The number of likely N-dealkylation sites (tertiary alicyclic amines) is 1. The highest BCUT2D eigenvalue weighted by Gasteiger charge is 2.42. The molecule has 61 heavy (non-hydrogen) atoms. The van der Waals surface area contributed by atoms with Crippen LogP contribution < -0.4 is 31.1 Å². The van der Waals surface area contributed by atoms with Gasteiger partial charge in [0.05, 0.1) is 31.0 Å². The molecule has 0 aliphatic carbocycles. The summed E-state index contributed by atoms with van der Waals surface area (Å²) in [6.45, 7) is 14.9. The van der Waals surface area contributed by atoms with Gasteiger partial charge in [0.1, 0.15) is 23.4 Å². The molecule has 3 atom stereocenters. The standard InChI is InChI=1S/C44H61N11O6/c1-25(2)19-32(39(58)52(9)10)49-41(60)44(7,8)51-38(57)33-13-12-18-54(33)40(59)36(26(3)4)46-23-35(56)29-16-14-27(5)34(20-29)55-24-30-21-47-42(50-37(30)53(11)43(55)61)48-31-17-15-28(6)45-22-31/h14-17,20-22,25-26,32-33,36,46H,12-13,18-19,23-24H2,1-11H3,(H,49,60)(H,51,57)(H,47,48,50)/t32-,33-,36-/m1/s1. The van der Waals surface area contributed by atoms with Gasteiger partial charge in [0.15, 0.2) is 5.78 Å². The Morgan fingerprint density at radius 3 is 2.34 bits per heavy atom. The van der Waals surface area contributed by atoms with Gasteiger partial charge < -0.3 is 25.8 Å². The van der Waals surface area contributed by atoms with Gasteiger partial charge in [0.2, 0.25) is 29.6 Å². The zero-order valence-electron chi connectivity index (χ0n) is 37.3. The highest BCUT2D eigenvalue weighted by atomic mass is 16.2. The lowest BCUT2D eigenvalue weighted by Gasteiger charge is -2.35. The summed E-state index contributed by atoms with van der Waals surface area (Å²) in [6.07, 6.45) is 4.78. The van der Waals surface area contributed by atoms with Crippen molar-refractivity contribution in [3.8, 4) is 0 Å². The largest absolute Gasteiger partial charge is 0.347 e. The minimum atomic E-state index is -1.38. The van der Waals surface area contributed by atoms with Gasteiger partial charge in [-0.2, -0.15) is 4.98 Å². The van der Waals surface area contributed by atoms with Crippen LogP contribution in [-0.2, 0) is 25.7 Å². The monoisotopic (exact) mass is 839 g/mol. The van der Waals surface area contributed by atoms with Crippen molar-refractivity contribution in [2.45, 2.75) is 105 Å². The van der Waals surface area contributed by atoms with Crippen molar-refractivity contribution in [2.75, 3.05) is 49.3 Å². The maximum Gasteiger partial charge on any atom is 0.330 e. The Balaban J connectivity index is 1.24. The topological polar surface area (TPSA) is 202 Å². The number of anilines is 4. The molecule has 17 nitrogen and oxygen atoms in total. The minimum Gasteiger partial charge on any atom is -0.347 e. The van der Waals surface area contributed by atoms with E-state index in [1.165, 1.54) is 14.7 Å². The van der Waals surface area contributed by atoms with E-state index in [0.29, 0.717) is 54.5 Å². The van der Waals surface area contributed by atoms with Crippen LogP contribution in [0.15, 0.2) is 42.7 Å². The van der Waals surface area contributed by atoms with Crippen molar-refractivity contribution < 1.29 is 28.8 Å². The van der Waals surface area contributed by atoms with Gasteiger partial charge in [0.25, 0.3) is 0 Å². The number of nitrogens with one attached hydrogen (secondary N) is 4. The number of benzene rings is 1. The zero-order chi connectivity index (χ0) is 44.9. The molecule has 4 heterocycles. The first-order valence-electron chi connectivity index (χ1n) is 20.8. The average molecular weight is 840 g/mol. The fourth-order valence-electron chi connectivity index (χ4n) is 7.49. The van der Waals surface area contributed by atoms with Crippen LogP contribution in [0.25, 0.3) is 0 Å². The normalized spacial score (nSPS) is 16.3. The van der Waals surface area contributed by atoms with Gasteiger partial charge in [-0.1, -0.05) is 39.8 Å². The van der Waals surface area contributed by atoms with E-state index >= 15 is 0 Å². The summed E-state index contributed by atoms with van der Waals surface area (Å²) in [5, 5.41) is 11.9. The molecule has 0 bridgehead atoms. The lowest BCUT2D eigenvalue weighted by atomic mass is 9.98. The molecular formula is C44H61N11O6. The van der Waals surface area contributed by atoms with E-state index in [-0.39, 0.29) is 48.6 Å². The molecular weight excluding hydrogens is 779 g/mol. The first-order chi connectivity index (χ1) is 28.7. The van der Waals surface area contributed by atoms with Crippen LogP contribution in [0.1, 0.15) is 88.0 Å². The number of rotatable bonds is 16. The molecule has 5 rings (SSSR count). The van der Waals surface area contributed by atoms with Gasteiger partial charge in [0, 0.05) is 56.4 Å². The SMILES string of the molecule is Cc1ccc(Nc2ncc3c(n2)N(C)C(=O)N(c2cc(C(=O)CN[C@@H](C(=O)N4CCC[C@@H]4C(=O)NC(C)(C)C(=O)N[C@H](CC(C)C)C(=O)N(C)C)C(C)C)ccc2C)C3)cn1. The fraction of sp³-hybridized carbons (Fsp3) is 0.523. The highest BCUT2D eigenvalue weighted by Crippen LogP contribution is 2.33. The molecule has 0 radical (unpaired) electrons. The maximum atomic E-state index is 14.1. The average Bonchev–Trinajstić information content (AvgIpc) is 3.70. The molecule has 2 aromatic heterocycles. The van der Waals surface area contributed by atoms with E-state index in [9.17, 15) is 28.8 Å². The Morgan fingerprint density at radius 1 is 0.984 bits per heavy atom. The molecule has 6 amide bonds. The Labute approximate surface area is 358 Å². The molecule has 17 heteroatoms. The van der Waals surface area contributed by atoms with Crippen molar-refractivity contribution in [1.82, 2.24) is 40.7 Å². The van der Waals surface area contributed by atoms with Gasteiger partial charge in [-0.15, -0.1) is 0 Å². The summed E-state index contributed by atoms with van der Waals surface area (Å²) in [5.74, 6) is -1.13. The third-order valence-electron chi connectivity index (χ3n) is 11.0. The van der Waals surface area contributed by atoms with Gasteiger partial charge >= 0.3 is 6.03 Å². The van der Waals surface area contributed by atoms with E-state index in [4.69, 9.17) is 0 Å². The summed E-state index contributed by atoms with van der Waals surface area (Å²) in [6, 6.07) is 6.22. The van der Waals surface area contributed by atoms with E-state index in [1.807, 2.05) is 53.7 Å². The quantitative estimate of drug-likeness (QED) is 0.151. The number of hydrogen-bond donors (Lipinski definition) is 4. The second-order valence-corrected chi connectivity index (χ2v) is 17.5. The predicted molar refractivity (Wildman–Crippen MR) is 233 cm³/mol. The highest BCUT2D eigenvalue weighted by molar-refractivity contribution is 6.07. The molecule has 0 saturated carbocycles. The number of hydrogen-bond acceptors (Lipinski definition) is 11. The Kier molecular flexibility index (Phi) is 14.5. The lowest BCUT2D eigenvalue weighted by Crippen LogP contribution is -2.62. The number of aromatic nitrogens is 3. The van der Waals surface area contributed by atoms with Crippen LogP contribution >= 0.6 is 0 Å². The number of likely N-dealkylation sites (N-methyl/N-ethyl adjacent to an activating group) is 1. The van der Waals surface area contributed by atoms with Crippen LogP contribution in [0, 0.1) is 25.7 Å². The van der Waals surface area contributed by atoms with Crippen molar-refractivity contribution in [1.29, 1.82) is 0 Å². The van der Waals surface area contributed by atoms with Gasteiger partial charge in [-0.3, -0.25) is 44.1 Å². The summed E-state index contributed by atoms with van der Waals surface area (Å²) in [5.41, 5.74) is 2.63. The first-order valence-corrected chi connectivity index (χ1v) is 20.8. The van der Waals surface area contributed by atoms with Crippen molar-refractivity contribution in [3.05, 3.63) is 65.1 Å². The number of ketones is 1. The summed E-state index contributed by atoms with van der Waals surface area (Å²) >= 11 is 0. The van der Waals surface area contributed by atoms with E-state index in [0.717, 1.165) is 16.8 Å². The molecule has 2 aliphatic rings. The first kappa shape index (κ1) is 46.1. The molecule has 1 saturated heterocycles. The van der Waals surface area contributed by atoms with Crippen molar-refractivity contribution in [2.24, 2.45) is 11.8 Å². The van der Waals surface area contributed by atoms with Crippen molar-refractivity contribution in [3.63, 3.8) is 0 Å². The number of urea groups is 1. The predicted octanol–water partition coefficient (Wildman–Crippen LogP) is 4.11. The second kappa shape index (κ2) is 19.2. The number of aryl methyl sites for hydroxylation is 2. The number of carbonyl (C=O) groups excluding carboxylic acids is 6. The minimum absolute atomic E-state index is 0.140. The van der Waals surface area contributed by atoms with Crippen LogP contribution in [0.4, 0.5) is 27.9 Å². The molecule has 328 valence electrons. The smallest absolute Gasteiger partial charge is 0.330 e. The number of Topliss-reactive ketones (excluding diaryl/α,β-unsaturated/α-hetero) is 1. The number of pyridine rings is 1. The molecule has 3 aromatic rings. The molecule has 2 aliphatic heterocycles. The van der Waals surface area contributed by atoms with Gasteiger partial charge in [-0.25, -0.2) is 9.78 Å². The number of amides is 6. The van der Waals surface area contributed by atoms with Crippen LogP contribution in [0.2, 0.25) is 0 Å². The molecule has 1 fully saturated rings. The Hall–Kier alpha value is -5.97. The zero-order valence-corrected chi connectivity index (χ0v) is 37.3. The fourth-order valence-corrected chi connectivity index (χ4v) is 7.49. The summed E-state index contributed by atoms with van der Waals surface area (Å²) < 4.78 is 0. The van der Waals surface area contributed by atoms with Crippen LogP contribution in [-0.4, -0.2) is 118 Å². The van der Waals surface area contributed by atoms with Crippen molar-refractivity contribution >= 4 is 58.6 Å². The summed E-state index contributed by atoms with van der Waals surface area (Å²) in [4.78, 5) is 101. The molecule has 1 aromatic carbocycles. The number of nitrogens with zero attached hydrogens (tertiary/aromatic N) is 7. The summed E-state index contributed by atoms with van der Waals surface area (Å²) in [7, 11) is 4.89. The molecule has 0 unspecified atom stereocenters. The number of fused-ring (bicyclic) bond motifs is 1.